The van der Waals surface area contributed by atoms with E-state index in [4.69, 9.17) is 79.1 Å². The van der Waals surface area contributed by atoms with Crippen LogP contribution in [0.4, 0.5) is 0 Å². The lowest BCUT2D eigenvalue weighted by molar-refractivity contribution is 0.217. The number of aryl methyl sites for hydroxylation is 2. The topological polar surface area (TPSA) is 18.5 Å². The van der Waals surface area contributed by atoms with E-state index in [2.05, 4.69) is 0 Å². The molecular formula is C20H20Cl6O2. The fourth-order valence-electron chi connectivity index (χ4n) is 2.61. The first-order valence-electron chi connectivity index (χ1n) is 8.51. The van der Waals surface area contributed by atoms with Crippen molar-refractivity contribution < 1.29 is 9.47 Å². The van der Waals surface area contributed by atoms with Crippen LogP contribution in [0.3, 0.4) is 0 Å². The Kier molecular flexibility index (Phi) is 8.76. The van der Waals surface area contributed by atoms with Gasteiger partial charge in [0, 0.05) is 12.8 Å². The van der Waals surface area contributed by atoms with E-state index in [1.54, 1.807) is 0 Å². The molecule has 0 heterocycles. The molecule has 2 aromatic rings. The molecule has 0 aromatic heterocycles. The van der Waals surface area contributed by atoms with Crippen molar-refractivity contribution in [3.63, 3.8) is 0 Å². The van der Waals surface area contributed by atoms with Crippen LogP contribution in [0.2, 0.25) is 0 Å². The van der Waals surface area contributed by atoms with Crippen molar-refractivity contribution in [2.45, 2.75) is 34.3 Å². The van der Waals surface area contributed by atoms with Crippen LogP contribution in [-0.4, -0.2) is 20.8 Å². The van der Waals surface area contributed by atoms with Crippen LogP contribution in [0.1, 0.15) is 22.3 Å². The molecular weight excluding hydrogens is 485 g/mol. The maximum atomic E-state index is 5.90. The lowest BCUT2D eigenvalue weighted by Crippen LogP contribution is -2.12. The van der Waals surface area contributed by atoms with Gasteiger partial charge >= 0.3 is 0 Å². The van der Waals surface area contributed by atoms with Crippen molar-refractivity contribution in [1.82, 2.24) is 0 Å². The normalized spacial score (nSPS) is 12.1. The van der Waals surface area contributed by atoms with Crippen molar-refractivity contribution in [2.75, 3.05) is 13.2 Å². The molecule has 0 saturated heterocycles. The summed E-state index contributed by atoms with van der Waals surface area (Å²) in [5.74, 6) is 1.39. The first-order chi connectivity index (χ1) is 12.9. The average Bonchev–Trinajstić information content (AvgIpc) is 2.54. The van der Waals surface area contributed by atoms with Crippen molar-refractivity contribution in [1.29, 1.82) is 0 Å². The Morgan fingerprint density at radius 2 is 1.00 bits per heavy atom. The molecule has 28 heavy (non-hydrogen) atoms. The van der Waals surface area contributed by atoms with E-state index in [1.165, 1.54) is 0 Å². The molecule has 2 nitrogen and oxygen atoms in total. The third kappa shape index (κ3) is 8.65. The summed E-state index contributed by atoms with van der Waals surface area (Å²) < 4.78 is 8.82. The third-order valence-electron chi connectivity index (χ3n) is 4.04. The van der Waals surface area contributed by atoms with Crippen LogP contribution < -0.4 is 9.47 Å². The van der Waals surface area contributed by atoms with Crippen LogP contribution in [0.15, 0.2) is 36.4 Å². The molecule has 0 spiro atoms. The molecule has 0 amide bonds. The zero-order valence-electron chi connectivity index (χ0n) is 15.4. The van der Waals surface area contributed by atoms with Gasteiger partial charge < -0.3 is 9.47 Å². The van der Waals surface area contributed by atoms with Gasteiger partial charge in [-0.3, -0.25) is 0 Å². The SMILES string of the molecule is Cc1ccc(OCCOc2ccc(C)c(CC(Cl)(Cl)Cl)c2)cc1CC(Cl)(Cl)Cl. The van der Waals surface area contributed by atoms with E-state index in [0.717, 1.165) is 22.3 Å². The van der Waals surface area contributed by atoms with Crippen molar-refractivity contribution in [2.24, 2.45) is 0 Å². The standard InChI is InChI=1S/C20H20Cl6O2/c1-13-3-5-17(9-15(13)11-19(21,22)23)27-7-8-28-18-6-4-14(2)16(10-18)12-20(24,25)26/h3-6,9-10H,7-8,11-12H2,1-2H3. The highest BCUT2D eigenvalue weighted by molar-refractivity contribution is 6.68. The van der Waals surface area contributed by atoms with Gasteiger partial charge in [-0.05, 0) is 60.4 Å². The predicted molar refractivity (Wildman–Crippen MR) is 121 cm³/mol. The molecule has 0 aliphatic rings. The molecule has 0 N–H and O–H groups in total. The van der Waals surface area contributed by atoms with E-state index in [-0.39, 0.29) is 0 Å². The number of hydrogen-bond acceptors (Lipinski definition) is 2. The van der Waals surface area contributed by atoms with E-state index < -0.39 is 7.59 Å². The van der Waals surface area contributed by atoms with Gasteiger partial charge in [-0.25, -0.2) is 0 Å². The van der Waals surface area contributed by atoms with Gasteiger partial charge in [0.25, 0.3) is 0 Å². The predicted octanol–water partition coefficient (Wildman–Crippen LogP) is 7.59. The fraction of sp³-hybridized carbons (Fsp3) is 0.400. The third-order valence-corrected chi connectivity index (χ3v) is 4.85. The smallest absolute Gasteiger partial charge is 0.194 e. The number of hydrogen-bond donors (Lipinski definition) is 0. The van der Waals surface area contributed by atoms with Gasteiger partial charge in [0.2, 0.25) is 0 Å². The van der Waals surface area contributed by atoms with Crippen LogP contribution >= 0.6 is 69.6 Å². The highest BCUT2D eigenvalue weighted by atomic mass is 35.6. The molecule has 0 aliphatic heterocycles. The average molecular weight is 505 g/mol. The number of rotatable bonds is 7. The number of ether oxygens (including phenoxy) is 2. The molecule has 0 atom stereocenters. The zero-order valence-corrected chi connectivity index (χ0v) is 19.9. The number of benzene rings is 2. The summed E-state index contributed by atoms with van der Waals surface area (Å²) in [5, 5.41) is 0. The molecule has 0 bridgehead atoms. The minimum absolute atomic E-state index is 0.312. The number of alkyl halides is 6. The van der Waals surface area contributed by atoms with Gasteiger partial charge in [0.15, 0.2) is 7.59 Å². The monoisotopic (exact) mass is 502 g/mol. The molecule has 2 aromatic carbocycles. The Morgan fingerprint density at radius 1 is 0.643 bits per heavy atom. The minimum Gasteiger partial charge on any atom is -0.490 e. The summed E-state index contributed by atoms with van der Waals surface area (Å²) in [6, 6.07) is 11.4. The second-order valence-electron chi connectivity index (χ2n) is 6.46. The molecule has 154 valence electrons. The second-order valence-corrected chi connectivity index (χ2v) is 11.5. The van der Waals surface area contributed by atoms with Crippen molar-refractivity contribution in [3.05, 3.63) is 58.7 Å². The Bertz CT molecular complexity index is 729. The van der Waals surface area contributed by atoms with Gasteiger partial charge in [-0.15, -0.1) is 0 Å². The van der Waals surface area contributed by atoms with E-state index in [9.17, 15) is 0 Å². The van der Waals surface area contributed by atoms with Gasteiger partial charge in [0.1, 0.15) is 24.7 Å². The highest BCUT2D eigenvalue weighted by Gasteiger charge is 2.22. The van der Waals surface area contributed by atoms with E-state index in [0.29, 0.717) is 37.6 Å². The molecule has 2 rings (SSSR count). The molecule has 0 unspecified atom stereocenters. The zero-order chi connectivity index (χ0) is 20.9. The fourth-order valence-corrected chi connectivity index (χ4v) is 3.47. The summed E-state index contributed by atoms with van der Waals surface area (Å²) >= 11 is 35.4. The van der Waals surface area contributed by atoms with Crippen LogP contribution in [0.5, 0.6) is 11.5 Å². The first-order valence-corrected chi connectivity index (χ1v) is 10.8. The molecule has 0 saturated carbocycles. The highest BCUT2D eigenvalue weighted by Crippen LogP contribution is 2.33. The van der Waals surface area contributed by atoms with Gasteiger partial charge in [-0.1, -0.05) is 81.7 Å². The maximum Gasteiger partial charge on any atom is 0.194 e. The largest absolute Gasteiger partial charge is 0.490 e. The lowest BCUT2D eigenvalue weighted by Gasteiger charge is -2.16. The molecule has 0 fully saturated rings. The Labute approximate surface area is 195 Å². The van der Waals surface area contributed by atoms with E-state index >= 15 is 0 Å². The molecule has 0 radical (unpaired) electrons. The lowest BCUT2D eigenvalue weighted by atomic mass is 10.1. The van der Waals surface area contributed by atoms with Crippen molar-refractivity contribution in [3.8, 4) is 11.5 Å². The van der Waals surface area contributed by atoms with Crippen molar-refractivity contribution >= 4 is 69.6 Å². The van der Waals surface area contributed by atoms with Crippen LogP contribution in [-0.2, 0) is 12.8 Å². The minimum atomic E-state index is -1.34. The Hall–Kier alpha value is -0.220. The number of halogens is 6. The second kappa shape index (κ2) is 10.2. The first kappa shape index (κ1) is 24.1. The quantitative estimate of drug-likeness (QED) is 0.285. The summed E-state index contributed by atoms with van der Waals surface area (Å²) in [5.41, 5.74) is 3.92. The van der Waals surface area contributed by atoms with Crippen LogP contribution in [0, 0.1) is 13.8 Å². The summed E-state index contributed by atoms with van der Waals surface area (Å²) in [4.78, 5) is 0. The maximum absolute atomic E-state index is 5.90. The van der Waals surface area contributed by atoms with Gasteiger partial charge in [0.05, 0.1) is 0 Å². The summed E-state index contributed by atoms with van der Waals surface area (Å²) in [6.07, 6.45) is 0.624. The van der Waals surface area contributed by atoms with Crippen LogP contribution in [0.25, 0.3) is 0 Å². The molecule has 8 heteroatoms. The Morgan fingerprint density at radius 3 is 1.32 bits per heavy atom. The summed E-state index contributed by atoms with van der Waals surface area (Å²) in [7, 11) is 0. The van der Waals surface area contributed by atoms with Gasteiger partial charge in [-0.2, -0.15) is 0 Å². The van der Waals surface area contributed by atoms with E-state index in [1.807, 2.05) is 50.2 Å². The summed E-state index contributed by atoms with van der Waals surface area (Å²) in [6.45, 7) is 4.66. The molecule has 0 aliphatic carbocycles. The Balaban J connectivity index is 1.91.